The van der Waals surface area contributed by atoms with E-state index in [4.69, 9.17) is 5.11 Å². The Morgan fingerprint density at radius 2 is 2.22 bits per heavy atom. The van der Waals surface area contributed by atoms with E-state index in [1.54, 1.807) is 0 Å². The number of carboxylic acid groups (broad SMARTS) is 1. The van der Waals surface area contributed by atoms with E-state index in [-0.39, 0.29) is 42.6 Å². The molecule has 0 atom stereocenters. The fourth-order valence-electron chi connectivity index (χ4n) is 0.159. The number of ether oxygens (including phenoxy) is 1. The molecule has 0 spiro atoms. The molecule has 1 N–H and O–H groups in total. The Kier molecular flexibility index (Phi) is 10.3. The summed E-state index contributed by atoms with van der Waals surface area (Å²) in [5, 5.41) is 7.89. The van der Waals surface area contributed by atoms with Crippen molar-refractivity contribution in [3.8, 4) is 0 Å². The van der Waals surface area contributed by atoms with E-state index >= 15 is 0 Å². The summed E-state index contributed by atoms with van der Waals surface area (Å²) < 4.78 is 4.03. The van der Waals surface area contributed by atoms with Crippen molar-refractivity contribution >= 4 is 42.0 Å². The SMILES string of the molecule is O=COC[CH]C(=O)O.[NaH]. The number of carboxylic acids is 1. The molecule has 5 heteroatoms. The van der Waals surface area contributed by atoms with E-state index < -0.39 is 5.97 Å². The van der Waals surface area contributed by atoms with E-state index in [1.165, 1.54) is 0 Å². The molecule has 0 aliphatic carbocycles. The predicted octanol–water partition coefficient (Wildman–Crippen LogP) is -1.20. The third kappa shape index (κ3) is 11.5. The minimum atomic E-state index is -1.09. The Morgan fingerprint density at radius 1 is 1.67 bits per heavy atom. The van der Waals surface area contributed by atoms with Crippen LogP contribution in [0.5, 0.6) is 0 Å². The number of aliphatic carboxylic acids is 1. The Bertz CT molecular complexity index is 92.6. The van der Waals surface area contributed by atoms with Crippen LogP contribution >= 0.6 is 0 Å². The molecule has 0 aromatic rings. The summed E-state index contributed by atoms with van der Waals surface area (Å²) in [7, 11) is 0. The second kappa shape index (κ2) is 7.94. The molecular formula is C4H6NaO4. The topological polar surface area (TPSA) is 63.6 Å². The number of carbonyl (C=O) groups is 2. The van der Waals surface area contributed by atoms with Crippen LogP contribution in [-0.4, -0.2) is 53.7 Å². The van der Waals surface area contributed by atoms with Crippen molar-refractivity contribution in [3.63, 3.8) is 0 Å². The minimum absolute atomic E-state index is 0. The standard InChI is InChI=1S/C4H5O4.Na.H/c5-3-8-2-1-4(6)7;;/h1,3H,2H2,(H,6,7);;. The van der Waals surface area contributed by atoms with Gasteiger partial charge in [0.25, 0.3) is 6.47 Å². The van der Waals surface area contributed by atoms with Crippen molar-refractivity contribution in [1.29, 1.82) is 0 Å². The Balaban J connectivity index is 0. The normalized spacial score (nSPS) is 7.11. The molecule has 0 saturated carbocycles. The molecule has 0 unspecified atom stereocenters. The van der Waals surface area contributed by atoms with E-state index in [0.717, 1.165) is 6.42 Å². The summed E-state index contributed by atoms with van der Waals surface area (Å²) in [5.74, 6) is -1.09. The van der Waals surface area contributed by atoms with Crippen LogP contribution in [0.3, 0.4) is 0 Å². The molecule has 0 saturated heterocycles. The third-order valence-electron chi connectivity index (χ3n) is 0.422. The second-order valence-corrected chi connectivity index (χ2v) is 0.972. The zero-order valence-corrected chi connectivity index (χ0v) is 4.03. The summed E-state index contributed by atoms with van der Waals surface area (Å²) in [5.41, 5.74) is 0. The summed E-state index contributed by atoms with van der Waals surface area (Å²) >= 11 is 0. The number of rotatable bonds is 4. The maximum atomic E-state index is 9.62. The summed E-state index contributed by atoms with van der Waals surface area (Å²) in [6.45, 7) is 0.0261. The van der Waals surface area contributed by atoms with E-state index in [2.05, 4.69) is 4.74 Å². The first-order chi connectivity index (χ1) is 3.77. The van der Waals surface area contributed by atoms with Gasteiger partial charge in [-0.2, -0.15) is 0 Å². The molecule has 0 aromatic heterocycles. The molecule has 0 bridgehead atoms. The number of carbonyl (C=O) groups excluding carboxylic acids is 1. The number of hydrogen-bond donors (Lipinski definition) is 1. The van der Waals surface area contributed by atoms with Crippen LogP contribution in [0.1, 0.15) is 0 Å². The van der Waals surface area contributed by atoms with Gasteiger partial charge >= 0.3 is 35.5 Å². The van der Waals surface area contributed by atoms with Crippen molar-refractivity contribution in [1.82, 2.24) is 0 Å². The van der Waals surface area contributed by atoms with Crippen molar-refractivity contribution in [2.24, 2.45) is 0 Å². The van der Waals surface area contributed by atoms with E-state index in [1.807, 2.05) is 0 Å². The van der Waals surface area contributed by atoms with Crippen LogP contribution in [-0.2, 0) is 14.3 Å². The van der Waals surface area contributed by atoms with Crippen LogP contribution in [0.15, 0.2) is 0 Å². The molecule has 0 amide bonds. The maximum absolute atomic E-state index is 9.62. The van der Waals surface area contributed by atoms with Crippen molar-refractivity contribution in [2.45, 2.75) is 0 Å². The molecule has 0 aliphatic heterocycles. The van der Waals surface area contributed by atoms with E-state index in [0.29, 0.717) is 0 Å². The van der Waals surface area contributed by atoms with Gasteiger partial charge in [0.2, 0.25) is 0 Å². The first-order valence-electron chi connectivity index (χ1n) is 1.88. The van der Waals surface area contributed by atoms with Crippen LogP contribution in [0, 0.1) is 6.42 Å². The first-order valence-corrected chi connectivity index (χ1v) is 1.88. The van der Waals surface area contributed by atoms with Gasteiger partial charge < -0.3 is 9.84 Å². The van der Waals surface area contributed by atoms with Crippen LogP contribution in [0.2, 0.25) is 0 Å². The summed E-state index contributed by atoms with van der Waals surface area (Å²) in [6, 6.07) is 0. The van der Waals surface area contributed by atoms with Crippen molar-refractivity contribution in [3.05, 3.63) is 6.42 Å². The molecule has 4 nitrogen and oxygen atoms in total. The Morgan fingerprint density at radius 3 is 2.56 bits per heavy atom. The van der Waals surface area contributed by atoms with Gasteiger partial charge in [-0.25, -0.2) is 0 Å². The van der Waals surface area contributed by atoms with Crippen LogP contribution in [0.4, 0.5) is 0 Å². The zero-order valence-electron chi connectivity index (χ0n) is 4.03. The fourth-order valence-corrected chi connectivity index (χ4v) is 0.159. The average molecular weight is 141 g/mol. The van der Waals surface area contributed by atoms with E-state index in [9.17, 15) is 9.59 Å². The second-order valence-electron chi connectivity index (χ2n) is 0.972. The Hall–Kier alpha value is -0.0600. The van der Waals surface area contributed by atoms with Gasteiger partial charge in [-0.1, -0.05) is 0 Å². The third-order valence-corrected chi connectivity index (χ3v) is 0.422. The molecule has 1 radical (unpaired) electrons. The molecule has 0 aliphatic rings. The molecule has 0 heterocycles. The van der Waals surface area contributed by atoms with Crippen LogP contribution < -0.4 is 0 Å². The van der Waals surface area contributed by atoms with Crippen molar-refractivity contribution in [2.75, 3.05) is 6.61 Å². The van der Waals surface area contributed by atoms with Gasteiger partial charge in [0.1, 0.15) is 13.0 Å². The fraction of sp³-hybridized carbons (Fsp3) is 0.250. The molecule has 0 aromatic carbocycles. The quantitative estimate of drug-likeness (QED) is 0.303. The molecule has 0 fully saturated rings. The number of hydrogen-bond acceptors (Lipinski definition) is 3. The molecule has 9 heavy (non-hydrogen) atoms. The van der Waals surface area contributed by atoms with Gasteiger partial charge in [-0.3, -0.25) is 9.59 Å². The van der Waals surface area contributed by atoms with Gasteiger partial charge in [0.05, 0.1) is 0 Å². The van der Waals surface area contributed by atoms with Gasteiger partial charge in [0.15, 0.2) is 0 Å². The zero-order chi connectivity index (χ0) is 6.41. The predicted molar refractivity (Wildman–Crippen MR) is 31.1 cm³/mol. The van der Waals surface area contributed by atoms with Crippen LogP contribution in [0.25, 0.3) is 0 Å². The summed E-state index contributed by atoms with van der Waals surface area (Å²) in [4.78, 5) is 19.0. The molecular weight excluding hydrogens is 135 g/mol. The average Bonchev–Trinajstić information content (AvgIpc) is 1.66. The van der Waals surface area contributed by atoms with Gasteiger partial charge in [-0.15, -0.1) is 0 Å². The van der Waals surface area contributed by atoms with Gasteiger partial charge in [-0.05, 0) is 0 Å². The van der Waals surface area contributed by atoms with Gasteiger partial charge in [0, 0.05) is 0 Å². The molecule has 0 rings (SSSR count). The summed E-state index contributed by atoms with van der Waals surface area (Å²) in [6.07, 6.45) is 0.842. The molecule has 47 valence electrons. The Labute approximate surface area is 74.5 Å². The first kappa shape index (κ1) is 11.7. The van der Waals surface area contributed by atoms with Crippen molar-refractivity contribution < 1.29 is 19.4 Å². The monoisotopic (exact) mass is 141 g/mol.